The smallest absolute Gasteiger partial charge is 0.225 e. The maximum atomic E-state index is 12.1. The summed E-state index contributed by atoms with van der Waals surface area (Å²) in [6.07, 6.45) is 2.06. The topological polar surface area (TPSA) is 61.8 Å². The van der Waals surface area contributed by atoms with Gasteiger partial charge in [0.25, 0.3) is 0 Å². The van der Waals surface area contributed by atoms with Crippen molar-refractivity contribution in [1.29, 1.82) is 0 Å². The summed E-state index contributed by atoms with van der Waals surface area (Å²) in [5.41, 5.74) is -0.723. The Balaban J connectivity index is 1.82. The number of likely N-dealkylation sites (tertiary alicyclic amines) is 1. The summed E-state index contributed by atoms with van der Waals surface area (Å²) in [5.74, 6) is 0.0960. The second-order valence-electron chi connectivity index (χ2n) is 5.32. The highest BCUT2D eigenvalue weighted by Crippen LogP contribution is 2.21. The highest BCUT2D eigenvalue weighted by atomic mass is 16.5. The van der Waals surface area contributed by atoms with Gasteiger partial charge in [-0.05, 0) is 19.8 Å². The van der Waals surface area contributed by atoms with Crippen LogP contribution in [0.3, 0.4) is 0 Å². The molecule has 0 aromatic carbocycles. The molecule has 2 heterocycles. The molecule has 0 aromatic heterocycles. The maximum absolute atomic E-state index is 12.1. The molecule has 2 N–H and O–H groups in total. The lowest BCUT2D eigenvalue weighted by Gasteiger charge is -2.37. The molecular formula is C12H22N2O3. The number of nitrogens with zero attached hydrogens (tertiary/aromatic N) is 1. The lowest BCUT2D eigenvalue weighted by atomic mass is 9.95. The Morgan fingerprint density at radius 3 is 3.12 bits per heavy atom. The average molecular weight is 242 g/mol. The largest absolute Gasteiger partial charge is 0.388 e. The molecule has 0 aromatic rings. The number of piperidine rings is 1. The van der Waals surface area contributed by atoms with E-state index in [1.54, 1.807) is 11.8 Å². The Bertz CT molecular complexity index is 275. The summed E-state index contributed by atoms with van der Waals surface area (Å²) >= 11 is 0. The van der Waals surface area contributed by atoms with Gasteiger partial charge < -0.3 is 20.1 Å². The molecule has 0 saturated carbocycles. The molecule has 0 bridgehead atoms. The summed E-state index contributed by atoms with van der Waals surface area (Å²) < 4.78 is 5.52. The van der Waals surface area contributed by atoms with Crippen molar-refractivity contribution >= 4 is 5.91 Å². The van der Waals surface area contributed by atoms with Gasteiger partial charge in [0.05, 0.1) is 24.7 Å². The Hall–Kier alpha value is -0.650. The first kappa shape index (κ1) is 12.8. The van der Waals surface area contributed by atoms with Crippen LogP contribution in [0.1, 0.15) is 26.2 Å². The number of rotatable bonds is 2. The summed E-state index contributed by atoms with van der Waals surface area (Å²) in [6.45, 7) is 5.29. The van der Waals surface area contributed by atoms with Gasteiger partial charge in [-0.1, -0.05) is 0 Å². The Kier molecular flexibility index (Phi) is 4.01. The van der Waals surface area contributed by atoms with Gasteiger partial charge in [-0.2, -0.15) is 0 Å². The van der Waals surface area contributed by atoms with Crippen LogP contribution in [0.2, 0.25) is 0 Å². The first-order valence-corrected chi connectivity index (χ1v) is 6.39. The van der Waals surface area contributed by atoms with E-state index in [1.807, 2.05) is 0 Å². The molecule has 2 aliphatic heterocycles. The standard InChI is InChI=1S/C12H22N2O3/c1-12(16)3-2-5-14(9-12)11(15)7-10-8-13-4-6-17-10/h10,13,16H,2-9H2,1H3. The molecule has 0 spiro atoms. The minimum absolute atomic E-state index is 0.0110. The number of carbonyl (C=O) groups excluding carboxylic acids is 1. The SMILES string of the molecule is CC1(O)CCCN(C(=O)CC2CNCCO2)C1. The first-order chi connectivity index (χ1) is 8.07. The van der Waals surface area contributed by atoms with Crippen molar-refractivity contribution in [2.24, 2.45) is 0 Å². The number of hydrogen-bond acceptors (Lipinski definition) is 4. The van der Waals surface area contributed by atoms with Crippen LogP contribution in [-0.4, -0.2) is 60.4 Å². The maximum Gasteiger partial charge on any atom is 0.225 e. The highest BCUT2D eigenvalue weighted by molar-refractivity contribution is 5.77. The molecule has 17 heavy (non-hydrogen) atoms. The Morgan fingerprint density at radius 2 is 2.47 bits per heavy atom. The number of aliphatic hydroxyl groups is 1. The van der Waals surface area contributed by atoms with Crippen molar-refractivity contribution in [2.45, 2.75) is 37.9 Å². The molecule has 2 saturated heterocycles. The zero-order chi connectivity index (χ0) is 12.3. The Morgan fingerprint density at radius 1 is 1.65 bits per heavy atom. The van der Waals surface area contributed by atoms with Gasteiger partial charge in [-0.15, -0.1) is 0 Å². The second kappa shape index (κ2) is 5.33. The average Bonchev–Trinajstić information content (AvgIpc) is 2.29. The van der Waals surface area contributed by atoms with E-state index in [0.29, 0.717) is 19.6 Å². The fourth-order valence-corrected chi connectivity index (χ4v) is 2.51. The van der Waals surface area contributed by atoms with Crippen molar-refractivity contribution in [3.63, 3.8) is 0 Å². The van der Waals surface area contributed by atoms with Gasteiger partial charge in [0.1, 0.15) is 0 Å². The van der Waals surface area contributed by atoms with E-state index in [1.165, 1.54) is 0 Å². The molecule has 1 amide bonds. The molecule has 2 fully saturated rings. The van der Waals surface area contributed by atoms with Crippen LogP contribution in [-0.2, 0) is 9.53 Å². The molecule has 5 nitrogen and oxygen atoms in total. The number of hydrogen-bond donors (Lipinski definition) is 2. The molecule has 98 valence electrons. The predicted molar refractivity (Wildman–Crippen MR) is 63.7 cm³/mol. The van der Waals surface area contributed by atoms with E-state index < -0.39 is 5.60 Å². The van der Waals surface area contributed by atoms with E-state index in [2.05, 4.69) is 5.32 Å². The number of morpholine rings is 1. The van der Waals surface area contributed by atoms with E-state index in [9.17, 15) is 9.90 Å². The normalized spacial score (nSPS) is 34.7. The molecule has 5 heteroatoms. The molecule has 2 aliphatic rings. The van der Waals surface area contributed by atoms with Crippen LogP contribution in [0.5, 0.6) is 0 Å². The number of nitrogens with one attached hydrogen (secondary N) is 1. The third-order valence-electron chi connectivity index (χ3n) is 3.43. The van der Waals surface area contributed by atoms with Crippen LogP contribution >= 0.6 is 0 Å². The van der Waals surface area contributed by atoms with Gasteiger partial charge in [-0.25, -0.2) is 0 Å². The third-order valence-corrected chi connectivity index (χ3v) is 3.43. The van der Waals surface area contributed by atoms with E-state index in [4.69, 9.17) is 4.74 Å². The fraction of sp³-hybridized carbons (Fsp3) is 0.917. The van der Waals surface area contributed by atoms with Crippen LogP contribution in [0.25, 0.3) is 0 Å². The third kappa shape index (κ3) is 3.66. The van der Waals surface area contributed by atoms with Crippen LogP contribution < -0.4 is 5.32 Å². The highest BCUT2D eigenvalue weighted by Gasteiger charge is 2.31. The second-order valence-corrected chi connectivity index (χ2v) is 5.32. The van der Waals surface area contributed by atoms with Crippen molar-refractivity contribution in [3.8, 4) is 0 Å². The molecule has 2 rings (SSSR count). The van der Waals surface area contributed by atoms with Gasteiger partial charge in [0, 0.05) is 26.2 Å². The molecule has 2 atom stereocenters. The molecule has 0 radical (unpaired) electrons. The van der Waals surface area contributed by atoms with Gasteiger partial charge in [0.15, 0.2) is 0 Å². The summed E-state index contributed by atoms with van der Waals surface area (Å²) in [6, 6.07) is 0. The zero-order valence-electron chi connectivity index (χ0n) is 10.4. The zero-order valence-corrected chi connectivity index (χ0v) is 10.4. The van der Waals surface area contributed by atoms with Crippen LogP contribution in [0, 0.1) is 0 Å². The number of amides is 1. The minimum Gasteiger partial charge on any atom is -0.388 e. The lowest BCUT2D eigenvalue weighted by Crippen LogP contribution is -2.50. The number of carbonyl (C=O) groups is 1. The quantitative estimate of drug-likeness (QED) is 0.700. The van der Waals surface area contributed by atoms with Crippen molar-refractivity contribution in [2.75, 3.05) is 32.8 Å². The molecule has 2 unspecified atom stereocenters. The number of β-amino-alcohol motifs (C(OH)–C–C–N with tert-alkyl or cyclic N) is 1. The monoisotopic (exact) mass is 242 g/mol. The van der Waals surface area contributed by atoms with Crippen molar-refractivity contribution in [3.05, 3.63) is 0 Å². The Labute approximate surface area is 102 Å². The van der Waals surface area contributed by atoms with Crippen LogP contribution in [0.15, 0.2) is 0 Å². The van der Waals surface area contributed by atoms with Gasteiger partial charge >= 0.3 is 0 Å². The van der Waals surface area contributed by atoms with E-state index in [0.717, 1.165) is 32.5 Å². The predicted octanol–water partition coefficient (Wildman–Crippen LogP) is -0.262. The van der Waals surface area contributed by atoms with Gasteiger partial charge in [-0.3, -0.25) is 4.79 Å². The molecular weight excluding hydrogens is 220 g/mol. The van der Waals surface area contributed by atoms with Gasteiger partial charge in [0.2, 0.25) is 5.91 Å². The van der Waals surface area contributed by atoms with E-state index >= 15 is 0 Å². The van der Waals surface area contributed by atoms with E-state index in [-0.39, 0.29) is 12.0 Å². The number of ether oxygens (including phenoxy) is 1. The summed E-state index contributed by atoms with van der Waals surface area (Å²) in [4.78, 5) is 13.8. The lowest BCUT2D eigenvalue weighted by molar-refractivity contribution is -0.140. The fourth-order valence-electron chi connectivity index (χ4n) is 2.51. The van der Waals surface area contributed by atoms with Crippen LogP contribution in [0.4, 0.5) is 0 Å². The van der Waals surface area contributed by atoms with Crippen molar-refractivity contribution in [1.82, 2.24) is 10.2 Å². The summed E-state index contributed by atoms with van der Waals surface area (Å²) in [5, 5.41) is 13.2. The molecule has 0 aliphatic carbocycles. The first-order valence-electron chi connectivity index (χ1n) is 6.39. The summed E-state index contributed by atoms with van der Waals surface area (Å²) in [7, 11) is 0. The van der Waals surface area contributed by atoms with Crippen molar-refractivity contribution < 1.29 is 14.6 Å². The minimum atomic E-state index is -0.723.